The van der Waals surface area contributed by atoms with Crippen molar-refractivity contribution in [3.63, 3.8) is 0 Å². The molecule has 0 unspecified atom stereocenters. The molecule has 0 fully saturated rings. The molecular formula is C11H12N4O. The number of rotatable bonds is 3. The van der Waals surface area contributed by atoms with Gasteiger partial charge in [0.1, 0.15) is 0 Å². The van der Waals surface area contributed by atoms with Crippen LogP contribution in [0, 0.1) is 6.92 Å². The molecule has 5 heteroatoms. The number of hydrogen-bond acceptors (Lipinski definition) is 4. The van der Waals surface area contributed by atoms with Crippen LogP contribution in [0.15, 0.2) is 35.6 Å². The number of nitrogens with zero attached hydrogens (tertiary/aromatic N) is 2. The summed E-state index contributed by atoms with van der Waals surface area (Å²) >= 11 is 0. The van der Waals surface area contributed by atoms with Crippen LogP contribution in [0.4, 0.5) is 5.82 Å². The third kappa shape index (κ3) is 2.25. The molecular weight excluding hydrogens is 204 g/mol. The van der Waals surface area contributed by atoms with E-state index in [2.05, 4.69) is 20.3 Å². The number of pyridine rings is 1. The van der Waals surface area contributed by atoms with Gasteiger partial charge in [0.05, 0.1) is 0 Å². The smallest absolute Gasteiger partial charge is 0.290 e. The number of anilines is 1. The maximum Gasteiger partial charge on any atom is 0.290 e. The van der Waals surface area contributed by atoms with Gasteiger partial charge in [0.2, 0.25) is 0 Å². The third-order valence-corrected chi connectivity index (χ3v) is 2.30. The monoisotopic (exact) mass is 216 g/mol. The number of aromatic amines is 1. The second-order valence-corrected chi connectivity index (χ2v) is 3.42. The van der Waals surface area contributed by atoms with Crippen molar-refractivity contribution < 1.29 is 0 Å². The molecule has 0 atom stereocenters. The Kier molecular flexibility index (Phi) is 2.95. The SMILES string of the molecule is Cc1ccncc1CNc1ncc[nH]c1=O. The second-order valence-electron chi connectivity index (χ2n) is 3.42. The zero-order chi connectivity index (χ0) is 11.4. The molecule has 0 amide bonds. The van der Waals surface area contributed by atoms with E-state index in [0.717, 1.165) is 11.1 Å². The van der Waals surface area contributed by atoms with Crippen molar-refractivity contribution in [1.29, 1.82) is 0 Å². The largest absolute Gasteiger partial charge is 0.361 e. The molecule has 0 saturated carbocycles. The van der Waals surface area contributed by atoms with Crippen LogP contribution in [-0.4, -0.2) is 15.0 Å². The lowest BCUT2D eigenvalue weighted by atomic mass is 10.2. The number of aromatic nitrogens is 3. The molecule has 82 valence electrons. The molecule has 0 aliphatic rings. The molecule has 0 saturated heterocycles. The van der Waals surface area contributed by atoms with Gasteiger partial charge in [-0.3, -0.25) is 9.78 Å². The van der Waals surface area contributed by atoms with E-state index in [1.54, 1.807) is 18.6 Å². The summed E-state index contributed by atoms with van der Waals surface area (Å²) in [6.45, 7) is 2.54. The van der Waals surface area contributed by atoms with Crippen molar-refractivity contribution in [3.05, 3.63) is 52.3 Å². The highest BCUT2D eigenvalue weighted by Gasteiger charge is 2.01. The fourth-order valence-electron chi connectivity index (χ4n) is 1.34. The minimum Gasteiger partial charge on any atom is -0.361 e. The Morgan fingerprint density at radius 1 is 1.44 bits per heavy atom. The lowest BCUT2D eigenvalue weighted by Gasteiger charge is -2.06. The average molecular weight is 216 g/mol. The van der Waals surface area contributed by atoms with Crippen LogP contribution in [0.3, 0.4) is 0 Å². The summed E-state index contributed by atoms with van der Waals surface area (Å²) in [5, 5.41) is 2.98. The van der Waals surface area contributed by atoms with Gasteiger partial charge in [0.25, 0.3) is 5.56 Å². The topological polar surface area (TPSA) is 70.7 Å². The van der Waals surface area contributed by atoms with E-state index < -0.39 is 0 Å². The molecule has 0 aliphatic carbocycles. The summed E-state index contributed by atoms with van der Waals surface area (Å²) in [5.41, 5.74) is 1.96. The van der Waals surface area contributed by atoms with Crippen LogP contribution in [0.1, 0.15) is 11.1 Å². The number of nitrogens with one attached hydrogen (secondary N) is 2. The van der Waals surface area contributed by atoms with Gasteiger partial charge in [-0.2, -0.15) is 0 Å². The lowest BCUT2D eigenvalue weighted by Crippen LogP contribution is -2.15. The minimum atomic E-state index is -0.218. The highest BCUT2D eigenvalue weighted by molar-refractivity contribution is 5.33. The highest BCUT2D eigenvalue weighted by atomic mass is 16.1. The van der Waals surface area contributed by atoms with E-state index in [1.807, 2.05) is 13.0 Å². The number of aryl methyl sites for hydroxylation is 1. The standard InChI is InChI=1S/C11H12N4O/c1-8-2-3-12-6-9(8)7-15-10-11(16)14-5-4-13-10/h2-6H,7H2,1H3,(H,13,15)(H,14,16). The molecule has 0 aliphatic heterocycles. The van der Waals surface area contributed by atoms with E-state index in [1.165, 1.54) is 6.20 Å². The van der Waals surface area contributed by atoms with Crippen LogP contribution in [0.2, 0.25) is 0 Å². The second kappa shape index (κ2) is 4.57. The van der Waals surface area contributed by atoms with Crippen molar-refractivity contribution in [2.24, 2.45) is 0 Å². The van der Waals surface area contributed by atoms with Crippen LogP contribution >= 0.6 is 0 Å². The summed E-state index contributed by atoms with van der Waals surface area (Å²) in [6.07, 6.45) is 6.56. The summed E-state index contributed by atoms with van der Waals surface area (Å²) in [7, 11) is 0. The Bertz CT molecular complexity index is 535. The van der Waals surface area contributed by atoms with Crippen molar-refractivity contribution in [1.82, 2.24) is 15.0 Å². The molecule has 2 heterocycles. The van der Waals surface area contributed by atoms with E-state index in [0.29, 0.717) is 12.4 Å². The van der Waals surface area contributed by atoms with Gasteiger partial charge in [-0.05, 0) is 24.1 Å². The molecule has 2 aromatic rings. The van der Waals surface area contributed by atoms with Gasteiger partial charge in [-0.15, -0.1) is 0 Å². The molecule has 16 heavy (non-hydrogen) atoms. The number of H-pyrrole nitrogens is 1. The van der Waals surface area contributed by atoms with Crippen molar-refractivity contribution in [3.8, 4) is 0 Å². The van der Waals surface area contributed by atoms with Gasteiger partial charge in [0.15, 0.2) is 5.82 Å². The predicted molar refractivity (Wildman–Crippen MR) is 61.2 cm³/mol. The quantitative estimate of drug-likeness (QED) is 0.805. The predicted octanol–water partition coefficient (Wildman–Crippen LogP) is 1.09. The molecule has 2 aromatic heterocycles. The Labute approximate surface area is 92.6 Å². The fourth-order valence-corrected chi connectivity index (χ4v) is 1.34. The minimum absolute atomic E-state index is 0.218. The van der Waals surface area contributed by atoms with E-state index >= 15 is 0 Å². The summed E-state index contributed by atoms with van der Waals surface area (Å²) in [4.78, 5) is 21.9. The van der Waals surface area contributed by atoms with Gasteiger partial charge >= 0.3 is 0 Å². The Morgan fingerprint density at radius 3 is 3.06 bits per heavy atom. The summed E-state index contributed by atoms with van der Waals surface area (Å²) < 4.78 is 0. The average Bonchev–Trinajstić information content (AvgIpc) is 2.30. The molecule has 0 aromatic carbocycles. The molecule has 5 nitrogen and oxygen atoms in total. The zero-order valence-electron chi connectivity index (χ0n) is 8.90. The van der Waals surface area contributed by atoms with Gasteiger partial charge in [-0.1, -0.05) is 0 Å². The summed E-state index contributed by atoms with van der Waals surface area (Å²) in [5.74, 6) is 0.325. The highest BCUT2D eigenvalue weighted by Crippen LogP contribution is 2.06. The molecule has 0 bridgehead atoms. The first-order valence-electron chi connectivity index (χ1n) is 4.94. The first-order valence-corrected chi connectivity index (χ1v) is 4.94. The molecule has 2 N–H and O–H groups in total. The van der Waals surface area contributed by atoms with E-state index in [9.17, 15) is 4.79 Å². The van der Waals surface area contributed by atoms with Crippen LogP contribution < -0.4 is 10.9 Å². The number of hydrogen-bond donors (Lipinski definition) is 2. The van der Waals surface area contributed by atoms with E-state index in [4.69, 9.17) is 0 Å². The van der Waals surface area contributed by atoms with E-state index in [-0.39, 0.29) is 5.56 Å². The third-order valence-electron chi connectivity index (χ3n) is 2.30. The first-order chi connectivity index (χ1) is 7.77. The lowest BCUT2D eigenvalue weighted by molar-refractivity contribution is 1.03. The van der Waals surface area contributed by atoms with Gasteiger partial charge < -0.3 is 10.3 Å². The van der Waals surface area contributed by atoms with Gasteiger partial charge in [-0.25, -0.2) is 4.98 Å². The maximum atomic E-state index is 11.3. The summed E-state index contributed by atoms with van der Waals surface area (Å²) in [6, 6.07) is 1.93. The zero-order valence-corrected chi connectivity index (χ0v) is 8.90. The van der Waals surface area contributed by atoms with Crippen LogP contribution in [-0.2, 0) is 6.54 Å². The first kappa shape index (κ1) is 10.4. The van der Waals surface area contributed by atoms with Crippen LogP contribution in [0.25, 0.3) is 0 Å². The van der Waals surface area contributed by atoms with Gasteiger partial charge in [0, 0.05) is 31.3 Å². The fraction of sp³-hybridized carbons (Fsp3) is 0.182. The normalized spacial score (nSPS) is 10.1. The Morgan fingerprint density at radius 2 is 2.31 bits per heavy atom. The molecule has 0 spiro atoms. The Balaban J connectivity index is 2.12. The molecule has 2 rings (SSSR count). The Hall–Kier alpha value is -2.17. The van der Waals surface area contributed by atoms with Crippen molar-refractivity contribution >= 4 is 5.82 Å². The molecule has 0 radical (unpaired) electrons. The van der Waals surface area contributed by atoms with Crippen molar-refractivity contribution in [2.45, 2.75) is 13.5 Å². The van der Waals surface area contributed by atoms with Crippen LogP contribution in [0.5, 0.6) is 0 Å². The van der Waals surface area contributed by atoms with Crippen molar-refractivity contribution in [2.75, 3.05) is 5.32 Å². The maximum absolute atomic E-state index is 11.3.